The van der Waals surface area contributed by atoms with Crippen LogP contribution in [0.25, 0.3) is 0 Å². The molecule has 0 saturated carbocycles. The van der Waals surface area contributed by atoms with Gasteiger partial charge in [-0.2, -0.15) is 5.10 Å². The van der Waals surface area contributed by atoms with Crippen LogP contribution in [0, 0.1) is 6.92 Å². The molecule has 0 radical (unpaired) electrons. The van der Waals surface area contributed by atoms with Gasteiger partial charge in [0.25, 0.3) is 11.8 Å². The Hall–Kier alpha value is -4.23. The van der Waals surface area contributed by atoms with Crippen LogP contribution >= 0.6 is 11.6 Å². The summed E-state index contributed by atoms with van der Waals surface area (Å²) in [5, 5.41) is 7.74. The van der Waals surface area contributed by atoms with Gasteiger partial charge in [-0.15, -0.1) is 0 Å². The van der Waals surface area contributed by atoms with Crippen LogP contribution in [-0.2, 0) is 11.2 Å². The second-order valence-electron chi connectivity index (χ2n) is 8.81. The summed E-state index contributed by atoms with van der Waals surface area (Å²) in [5.74, 6) is 0.122. The Kier molecular flexibility index (Phi) is 7.14. The van der Waals surface area contributed by atoms with E-state index in [1.54, 1.807) is 12.1 Å². The molecule has 2 heterocycles. The van der Waals surface area contributed by atoms with Crippen molar-refractivity contribution in [3.63, 3.8) is 0 Å². The van der Waals surface area contributed by atoms with Crippen molar-refractivity contribution in [2.75, 3.05) is 5.32 Å². The van der Waals surface area contributed by atoms with E-state index in [9.17, 15) is 9.59 Å². The van der Waals surface area contributed by atoms with Gasteiger partial charge < -0.3 is 9.73 Å². The summed E-state index contributed by atoms with van der Waals surface area (Å²) in [6, 6.07) is 22.5. The SMILES string of the molecule is Cc1c(C(=O)Nc2ccc(Cl)cn2)oc2c1/C(=N/NC(=O)C(c1ccccc1)c1ccccc1)CCC2. The number of benzene rings is 2. The van der Waals surface area contributed by atoms with Gasteiger partial charge in [-0.05, 0) is 43.0 Å². The number of halogens is 1. The molecule has 0 bridgehead atoms. The lowest BCUT2D eigenvalue weighted by molar-refractivity contribution is -0.121. The van der Waals surface area contributed by atoms with Gasteiger partial charge in [-0.25, -0.2) is 10.4 Å². The third kappa shape index (κ3) is 5.32. The van der Waals surface area contributed by atoms with Crippen molar-refractivity contribution in [1.82, 2.24) is 10.4 Å². The van der Waals surface area contributed by atoms with Crippen LogP contribution in [0.5, 0.6) is 0 Å². The molecule has 0 atom stereocenters. The number of fused-ring (bicyclic) bond motifs is 1. The van der Waals surface area contributed by atoms with Gasteiger partial charge in [0.15, 0.2) is 5.76 Å². The number of carbonyl (C=O) groups excluding carboxylic acids is 2. The van der Waals surface area contributed by atoms with Gasteiger partial charge in [0.2, 0.25) is 0 Å². The summed E-state index contributed by atoms with van der Waals surface area (Å²) in [6.07, 6.45) is 3.61. The van der Waals surface area contributed by atoms with Crippen LogP contribution in [0.2, 0.25) is 5.02 Å². The lowest BCUT2D eigenvalue weighted by Crippen LogP contribution is -2.28. The minimum Gasteiger partial charge on any atom is -0.455 e. The zero-order valence-electron chi connectivity index (χ0n) is 20.2. The predicted molar refractivity (Wildman–Crippen MR) is 143 cm³/mol. The maximum Gasteiger partial charge on any atom is 0.292 e. The number of nitrogens with zero attached hydrogens (tertiary/aromatic N) is 2. The summed E-state index contributed by atoms with van der Waals surface area (Å²) in [5.41, 5.74) is 6.69. The lowest BCUT2D eigenvalue weighted by atomic mass is 9.90. The van der Waals surface area contributed by atoms with Crippen LogP contribution in [-0.4, -0.2) is 22.5 Å². The van der Waals surface area contributed by atoms with Crippen molar-refractivity contribution in [2.45, 2.75) is 32.1 Å². The first-order chi connectivity index (χ1) is 18.0. The second-order valence-corrected chi connectivity index (χ2v) is 9.25. The molecule has 4 aromatic rings. The molecule has 8 heteroatoms. The number of amides is 2. The molecule has 2 aromatic heterocycles. The predicted octanol–water partition coefficient (Wildman–Crippen LogP) is 5.88. The van der Waals surface area contributed by atoms with Crippen molar-refractivity contribution < 1.29 is 14.0 Å². The Bertz CT molecular complexity index is 1410. The minimum absolute atomic E-state index is 0.203. The highest BCUT2D eigenvalue weighted by Crippen LogP contribution is 2.31. The number of carbonyl (C=O) groups is 2. The number of nitrogens with one attached hydrogen (secondary N) is 2. The van der Waals surface area contributed by atoms with E-state index in [2.05, 4.69) is 20.8 Å². The maximum absolute atomic E-state index is 13.4. The second kappa shape index (κ2) is 10.8. The Morgan fingerprint density at radius 2 is 1.65 bits per heavy atom. The Balaban J connectivity index is 1.40. The van der Waals surface area contributed by atoms with E-state index in [-0.39, 0.29) is 11.7 Å². The first kappa shape index (κ1) is 24.5. The molecule has 0 spiro atoms. The van der Waals surface area contributed by atoms with Crippen molar-refractivity contribution in [1.29, 1.82) is 0 Å². The topological polar surface area (TPSA) is 96.6 Å². The molecule has 37 heavy (non-hydrogen) atoms. The zero-order chi connectivity index (χ0) is 25.8. The summed E-state index contributed by atoms with van der Waals surface area (Å²) < 4.78 is 5.96. The number of aryl methyl sites for hydroxylation is 1. The molecule has 2 aromatic carbocycles. The van der Waals surface area contributed by atoms with E-state index in [4.69, 9.17) is 16.0 Å². The average molecular weight is 513 g/mol. The average Bonchev–Trinajstić information content (AvgIpc) is 3.27. The number of hydrazone groups is 1. The van der Waals surface area contributed by atoms with E-state index >= 15 is 0 Å². The summed E-state index contributed by atoms with van der Waals surface area (Å²) in [7, 11) is 0. The zero-order valence-corrected chi connectivity index (χ0v) is 21.0. The minimum atomic E-state index is -0.506. The molecule has 2 amide bonds. The van der Waals surface area contributed by atoms with Crippen molar-refractivity contribution >= 4 is 34.9 Å². The number of furan rings is 1. The van der Waals surface area contributed by atoms with Crippen LogP contribution in [0.1, 0.15) is 57.3 Å². The standard InChI is InChI=1S/C29H25ClN4O3/c1-18-25-22(13-8-14-23(25)37-27(18)29(36)32-24-16-15-21(30)17-31-24)33-34-28(35)26(19-9-4-2-5-10-19)20-11-6-3-7-12-20/h2-7,9-12,15-17,26H,8,13-14H2,1H3,(H,34,35)(H,31,32,36)/b33-22+. The first-order valence-electron chi connectivity index (χ1n) is 12.0. The molecule has 5 rings (SSSR count). The molecular formula is C29H25ClN4O3. The molecule has 7 nitrogen and oxygen atoms in total. The smallest absolute Gasteiger partial charge is 0.292 e. The molecule has 2 N–H and O–H groups in total. The van der Waals surface area contributed by atoms with Gasteiger partial charge in [-0.1, -0.05) is 72.3 Å². The highest BCUT2D eigenvalue weighted by Gasteiger charge is 2.29. The number of anilines is 1. The summed E-state index contributed by atoms with van der Waals surface area (Å²) in [6.45, 7) is 1.83. The fourth-order valence-electron chi connectivity index (χ4n) is 4.59. The van der Waals surface area contributed by atoms with Crippen molar-refractivity contribution in [2.24, 2.45) is 5.10 Å². The monoisotopic (exact) mass is 512 g/mol. The van der Waals surface area contributed by atoms with Crippen LogP contribution in [0.4, 0.5) is 5.82 Å². The fraction of sp³-hybridized carbons (Fsp3) is 0.172. The number of hydrogen-bond acceptors (Lipinski definition) is 5. The quantitative estimate of drug-likeness (QED) is 0.315. The van der Waals surface area contributed by atoms with Crippen LogP contribution in [0.3, 0.4) is 0 Å². The van der Waals surface area contributed by atoms with Crippen molar-refractivity contribution in [3.05, 3.63) is 118 Å². The number of pyridine rings is 1. The molecule has 0 saturated heterocycles. The molecule has 0 unspecified atom stereocenters. The third-order valence-corrected chi connectivity index (χ3v) is 6.55. The van der Waals surface area contributed by atoms with Gasteiger partial charge in [-0.3, -0.25) is 9.59 Å². The number of aromatic nitrogens is 1. The lowest BCUT2D eigenvalue weighted by Gasteiger charge is -2.18. The van der Waals surface area contributed by atoms with E-state index < -0.39 is 11.8 Å². The highest BCUT2D eigenvalue weighted by atomic mass is 35.5. The number of rotatable bonds is 6. The van der Waals surface area contributed by atoms with Gasteiger partial charge in [0.1, 0.15) is 11.6 Å². The molecule has 1 aliphatic carbocycles. The number of hydrogen-bond donors (Lipinski definition) is 2. The van der Waals surface area contributed by atoms with E-state index in [1.165, 1.54) is 6.20 Å². The normalized spacial score (nSPS) is 13.9. The van der Waals surface area contributed by atoms with Gasteiger partial charge >= 0.3 is 0 Å². The van der Waals surface area contributed by atoms with E-state index in [0.29, 0.717) is 40.7 Å². The summed E-state index contributed by atoms with van der Waals surface area (Å²) in [4.78, 5) is 30.4. The maximum atomic E-state index is 13.4. The largest absolute Gasteiger partial charge is 0.455 e. The Morgan fingerprint density at radius 3 is 2.27 bits per heavy atom. The summed E-state index contributed by atoms with van der Waals surface area (Å²) >= 11 is 5.88. The van der Waals surface area contributed by atoms with E-state index in [1.807, 2.05) is 67.6 Å². The molecule has 186 valence electrons. The van der Waals surface area contributed by atoms with Gasteiger partial charge in [0, 0.05) is 23.7 Å². The molecule has 0 aliphatic heterocycles. The molecule has 0 fully saturated rings. The van der Waals surface area contributed by atoms with Crippen molar-refractivity contribution in [3.8, 4) is 0 Å². The first-order valence-corrected chi connectivity index (χ1v) is 12.4. The van der Waals surface area contributed by atoms with Gasteiger partial charge in [0.05, 0.1) is 16.7 Å². The highest BCUT2D eigenvalue weighted by molar-refractivity contribution is 6.30. The third-order valence-electron chi connectivity index (χ3n) is 6.33. The van der Waals surface area contributed by atoms with Crippen LogP contribution < -0.4 is 10.7 Å². The Morgan fingerprint density at radius 1 is 0.973 bits per heavy atom. The molecular weight excluding hydrogens is 488 g/mol. The fourth-order valence-corrected chi connectivity index (χ4v) is 4.70. The van der Waals surface area contributed by atoms with Crippen LogP contribution in [0.15, 0.2) is 88.5 Å². The Labute approximate surface area is 219 Å². The van der Waals surface area contributed by atoms with E-state index in [0.717, 1.165) is 23.1 Å². The molecule has 1 aliphatic rings.